The fourth-order valence-electron chi connectivity index (χ4n) is 2.66. The molecule has 1 aliphatic heterocycles. The minimum absolute atomic E-state index is 0.00383. The number of benzene rings is 1. The van der Waals surface area contributed by atoms with E-state index in [1.807, 2.05) is 31.2 Å². The zero-order valence-corrected chi connectivity index (χ0v) is 13.2. The van der Waals surface area contributed by atoms with Gasteiger partial charge in [0.15, 0.2) is 9.84 Å². The molecule has 0 spiro atoms. The Morgan fingerprint density at radius 3 is 2.62 bits per heavy atom. The zero-order valence-electron chi connectivity index (χ0n) is 12.4. The molecule has 116 valence electrons. The molecule has 5 nitrogen and oxygen atoms in total. The minimum Gasteiger partial charge on any atom is -0.449 e. The van der Waals surface area contributed by atoms with Crippen molar-refractivity contribution >= 4 is 21.6 Å². The van der Waals surface area contributed by atoms with Gasteiger partial charge in [0.25, 0.3) is 0 Å². The fourth-order valence-corrected chi connectivity index (χ4v) is 4.36. The van der Waals surface area contributed by atoms with Crippen LogP contribution in [0.2, 0.25) is 0 Å². The number of amides is 1. The van der Waals surface area contributed by atoms with E-state index in [9.17, 15) is 13.2 Å². The second kappa shape index (κ2) is 6.47. The van der Waals surface area contributed by atoms with Crippen LogP contribution in [0.25, 0.3) is 0 Å². The van der Waals surface area contributed by atoms with Crippen molar-refractivity contribution in [2.24, 2.45) is 0 Å². The molecule has 1 atom stereocenters. The van der Waals surface area contributed by atoms with Gasteiger partial charge in [0.1, 0.15) is 0 Å². The summed E-state index contributed by atoms with van der Waals surface area (Å²) >= 11 is 0. The van der Waals surface area contributed by atoms with Gasteiger partial charge < -0.3 is 4.74 Å². The van der Waals surface area contributed by atoms with Crippen molar-refractivity contribution in [3.63, 3.8) is 0 Å². The predicted octanol–water partition coefficient (Wildman–Crippen LogP) is 2.40. The number of ether oxygens (including phenoxy) is 1. The number of aryl methyl sites for hydroxylation is 1. The Morgan fingerprint density at radius 2 is 2.05 bits per heavy atom. The van der Waals surface area contributed by atoms with Crippen molar-refractivity contribution in [1.29, 1.82) is 0 Å². The molecular formula is C15H21NO4S. The van der Waals surface area contributed by atoms with Gasteiger partial charge in [-0.1, -0.05) is 25.1 Å². The van der Waals surface area contributed by atoms with Gasteiger partial charge in [0, 0.05) is 0 Å². The van der Waals surface area contributed by atoms with Gasteiger partial charge in [-0.05, 0) is 31.4 Å². The highest BCUT2D eigenvalue weighted by Gasteiger charge is 2.36. The molecule has 1 amide bonds. The van der Waals surface area contributed by atoms with Gasteiger partial charge in [0.05, 0.1) is 29.8 Å². The molecular weight excluding hydrogens is 290 g/mol. The van der Waals surface area contributed by atoms with E-state index < -0.39 is 15.9 Å². The Kier molecular flexibility index (Phi) is 4.88. The molecule has 1 fully saturated rings. The van der Waals surface area contributed by atoms with Crippen LogP contribution in [0.3, 0.4) is 0 Å². The van der Waals surface area contributed by atoms with Crippen LogP contribution >= 0.6 is 0 Å². The summed E-state index contributed by atoms with van der Waals surface area (Å²) in [7, 11) is -3.07. The van der Waals surface area contributed by atoms with E-state index in [1.54, 1.807) is 6.92 Å². The van der Waals surface area contributed by atoms with Gasteiger partial charge in [-0.15, -0.1) is 0 Å². The van der Waals surface area contributed by atoms with Crippen molar-refractivity contribution < 1.29 is 17.9 Å². The molecule has 6 heteroatoms. The number of sulfone groups is 1. The molecule has 0 aliphatic carbocycles. The first-order valence-corrected chi connectivity index (χ1v) is 9.05. The van der Waals surface area contributed by atoms with Crippen molar-refractivity contribution in [3.05, 3.63) is 29.8 Å². The standard InChI is InChI=1S/C15H21NO4S/c1-3-12-7-5-6-8-14(12)16(15(17)20-4-2)13-9-10-21(18,19)11-13/h5-8,13H,3-4,9-11H2,1-2H3. The number of nitrogens with zero attached hydrogens (tertiary/aromatic N) is 1. The quantitative estimate of drug-likeness (QED) is 0.856. The van der Waals surface area contributed by atoms with Gasteiger partial charge in [-0.2, -0.15) is 0 Å². The summed E-state index contributed by atoms with van der Waals surface area (Å²) in [6.07, 6.45) is 0.755. The first kappa shape index (κ1) is 15.8. The van der Waals surface area contributed by atoms with Crippen LogP contribution in [0.4, 0.5) is 10.5 Å². The number of hydrogen-bond donors (Lipinski definition) is 0. The van der Waals surface area contributed by atoms with Crippen molar-refractivity contribution in [1.82, 2.24) is 0 Å². The first-order chi connectivity index (χ1) is 9.98. The summed E-state index contributed by atoms with van der Waals surface area (Å²) in [4.78, 5) is 13.8. The number of para-hydroxylation sites is 1. The summed E-state index contributed by atoms with van der Waals surface area (Å²) < 4.78 is 28.6. The van der Waals surface area contributed by atoms with Crippen LogP contribution in [-0.4, -0.2) is 38.7 Å². The Morgan fingerprint density at radius 1 is 1.33 bits per heavy atom. The smallest absolute Gasteiger partial charge is 0.414 e. The zero-order chi connectivity index (χ0) is 15.5. The molecule has 21 heavy (non-hydrogen) atoms. The van der Waals surface area contributed by atoms with Crippen molar-refractivity contribution in [3.8, 4) is 0 Å². The molecule has 1 aromatic carbocycles. The first-order valence-electron chi connectivity index (χ1n) is 7.22. The monoisotopic (exact) mass is 311 g/mol. The lowest BCUT2D eigenvalue weighted by molar-refractivity contribution is 0.157. The average molecular weight is 311 g/mol. The third-order valence-electron chi connectivity index (χ3n) is 3.67. The third kappa shape index (κ3) is 3.56. The topological polar surface area (TPSA) is 63.7 Å². The highest BCUT2D eigenvalue weighted by atomic mass is 32.2. The highest BCUT2D eigenvalue weighted by Crippen LogP contribution is 2.28. The van der Waals surface area contributed by atoms with E-state index in [0.717, 1.165) is 17.7 Å². The Labute approximate surface area is 125 Å². The summed E-state index contributed by atoms with van der Waals surface area (Å²) in [5, 5.41) is 0. The fraction of sp³-hybridized carbons (Fsp3) is 0.533. The lowest BCUT2D eigenvalue weighted by Gasteiger charge is -2.29. The molecule has 0 bridgehead atoms. The molecule has 1 aromatic rings. The Hall–Kier alpha value is -1.56. The average Bonchev–Trinajstić information content (AvgIpc) is 2.80. The molecule has 2 rings (SSSR count). The summed E-state index contributed by atoms with van der Waals surface area (Å²) in [6, 6.07) is 7.22. The highest BCUT2D eigenvalue weighted by molar-refractivity contribution is 7.91. The summed E-state index contributed by atoms with van der Waals surface area (Å²) in [5.41, 5.74) is 1.76. The molecule has 0 N–H and O–H groups in total. The van der Waals surface area contributed by atoms with Gasteiger partial charge in [-0.3, -0.25) is 4.90 Å². The Balaban J connectivity index is 2.39. The summed E-state index contributed by atoms with van der Waals surface area (Å²) in [6.45, 7) is 4.02. The number of anilines is 1. The maximum atomic E-state index is 12.3. The number of hydrogen-bond acceptors (Lipinski definition) is 4. The van der Waals surface area contributed by atoms with Crippen LogP contribution in [0, 0.1) is 0 Å². The molecule has 0 saturated carbocycles. The van der Waals surface area contributed by atoms with Gasteiger partial charge >= 0.3 is 6.09 Å². The van der Waals surface area contributed by atoms with E-state index in [2.05, 4.69) is 0 Å². The molecule has 1 unspecified atom stereocenters. The van der Waals surface area contributed by atoms with E-state index in [4.69, 9.17) is 4.74 Å². The molecule has 1 aliphatic rings. The Bertz CT molecular complexity index is 612. The molecule has 0 aromatic heterocycles. The van der Waals surface area contributed by atoms with E-state index >= 15 is 0 Å². The van der Waals surface area contributed by atoms with Crippen molar-refractivity contribution in [2.75, 3.05) is 23.0 Å². The van der Waals surface area contributed by atoms with Crippen LogP contribution in [0.5, 0.6) is 0 Å². The maximum absolute atomic E-state index is 12.3. The van der Waals surface area contributed by atoms with Crippen LogP contribution in [-0.2, 0) is 21.0 Å². The van der Waals surface area contributed by atoms with Gasteiger partial charge in [0.2, 0.25) is 0 Å². The summed E-state index contributed by atoms with van der Waals surface area (Å²) in [5.74, 6) is 0.131. The lowest BCUT2D eigenvalue weighted by Crippen LogP contribution is -2.42. The third-order valence-corrected chi connectivity index (χ3v) is 5.42. The predicted molar refractivity (Wildman–Crippen MR) is 82.4 cm³/mol. The second-order valence-corrected chi connectivity index (χ2v) is 7.34. The van der Waals surface area contributed by atoms with E-state index in [-0.39, 0.29) is 24.2 Å². The second-order valence-electron chi connectivity index (χ2n) is 5.11. The maximum Gasteiger partial charge on any atom is 0.414 e. The number of rotatable bonds is 4. The number of carbonyl (C=O) groups is 1. The minimum atomic E-state index is -3.07. The van der Waals surface area contributed by atoms with Crippen molar-refractivity contribution in [2.45, 2.75) is 32.7 Å². The van der Waals surface area contributed by atoms with Crippen LogP contribution in [0.15, 0.2) is 24.3 Å². The molecule has 1 saturated heterocycles. The number of carbonyl (C=O) groups excluding carboxylic acids is 1. The lowest BCUT2D eigenvalue weighted by atomic mass is 10.1. The van der Waals surface area contributed by atoms with Crippen LogP contribution < -0.4 is 4.90 Å². The van der Waals surface area contributed by atoms with E-state index in [0.29, 0.717) is 6.42 Å². The molecule has 0 radical (unpaired) electrons. The largest absolute Gasteiger partial charge is 0.449 e. The van der Waals surface area contributed by atoms with E-state index in [1.165, 1.54) is 4.90 Å². The SMILES string of the molecule is CCOC(=O)N(c1ccccc1CC)C1CCS(=O)(=O)C1. The van der Waals surface area contributed by atoms with Gasteiger partial charge in [-0.25, -0.2) is 13.2 Å². The van der Waals surface area contributed by atoms with Crippen LogP contribution in [0.1, 0.15) is 25.8 Å². The molecule has 1 heterocycles. The normalized spacial score (nSPS) is 20.2.